The van der Waals surface area contributed by atoms with E-state index >= 15 is 0 Å². The van der Waals surface area contributed by atoms with Gasteiger partial charge in [0, 0.05) is 35.8 Å². The van der Waals surface area contributed by atoms with Crippen LogP contribution in [-0.4, -0.2) is 47.2 Å². The maximum Gasteiger partial charge on any atom is 0.134 e. The number of aromatic hydroxyl groups is 1. The Labute approximate surface area is 199 Å². The van der Waals surface area contributed by atoms with Crippen molar-refractivity contribution in [2.45, 2.75) is 0 Å². The third-order valence-corrected chi connectivity index (χ3v) is 5.34. The van der Waals surface area contributed by atoms with E-state index in [-0.39, 0.29) is 18.2 Å². The third kappa shape index (κ3) is 5.43. The lowest BCUT2D eigenvalue weighted by molar-refractivity contribution is 0.261. The molecule has 2 aromatic heterocycles. The van der Waals surface area contributed by atoms with Crippen molar-refractivity contribution in [2.75, 3.05) is 27.2 Å². The fourth-order valence-corrected chi connectivity index (χ4v) is 3.46. The van der Waals surface area contributed by atoms with Gasteiger partial charge in [-0.1, -0.05) is 17.7 Å². The van der Waals surface area contributed by atoms with Gasteiger partial charge in [-0.3, -0.25) is 4.98 Å². The standard InChI is InChI=1S/C25H24ClN3O2.ClH/c1-29(2)13-14-31-20-6-3-17(4-7-20)23-16-21(19-5-8-22(26)24(30)15-19)25(28-23)18-9-11-27-12-10-18;/h3-12,15-16,28,30H,13-14H2,1-2H3;1H. The molecule has 2 N–H and O–H groups in total. The van der Waals surface area contributed by atoms with E-state index in [1.165, 1.54) is 0 Å². The Morgan fingerprint density at radius 2 is 1.62 bits per heavy atom. The predicted octanol–water partition coefficient (Wildman–Crippen LogP) is 6.13. The van der Waals surface area contributed by atoms with E-state index in [4.69, 9.17) is 16.3 Å². The van der Waals surface area contributed by atoms with E-state index in [2.05, 4.69) is 20.9 Å². The number of rotatable bonds is 7. The van der Waals surface area contributed by atoms with Crippen molar-refractivity contribution < 1.29 is 9.84 Å². The number of hydrogen-bond donors (Lipinski definition) is 2. The number of benzene rings is 2. The van der Waals surface area contributed by atoms with Gasteiger partial charge >= 0.3 is 0 Å². The molecule has 0 aliphatic heterocycles. The number of aromatic nitrogens is 2. The summed E-state index contributed by atoms with van der Waals surface area (Å²) in [4.78, 5) is 9.74. The zero-order valence-electron chi connectivity index (χ0n) is 17.9. The second kappa shape index (κ2) is 10.6. The number of phenols is 1. The van der Waals surface area contributed by atoms with Crippen molar-refractivity contribution >= 4 is 24.0 Å². The first kappa shape index (κ1) is 23.7. The van der Waals surface area contributed by atoms with Gasteiger partial charge in [0.1, 0.15) is 18.1 Å². The predicted molar refractivity (Wildman–Crippen MR) is 133 cm³/mol. The molecule has 0 amide bonds. The van der Waals surface area contributed by atoms with Crippen LogP contribution in [0.1, 0.15) is 0 Å². The number of ether oxygens (including phenoxy) is 1. The lowest BCUT2D eigenvalue weighted by Gasteiger charge is -2.11. The number of pyridine rings is 1. The molecule has 2 aromatic carbocycles. The smallest absolute Gasteiger partial charge is 0.134 e. The lowest BCUT2D eigenvalue weighted by atomic mass is 10.0. The van der Waals surface area contributed by atoms with Crippen LogP contribution in [0.3, 0.4) is 0 Å². The van der Waals surface area contributed by atoms with Gasteiger partial charge in [-0.15, -0.1) is 12.4 Å². The van der Waals surface area contributed by atoms with Gasteiger partial charge in [0.05, 0.1) is 10.7 Å². The van der Waals surface area contributed by atoms with Gasteiger partial charge < -0.3 is 19.7 Å². The first-order valence-corrected chi connectivity index (χ1v) is 10.4. The minimum absolute atomic E-state index is 0. The molecule has 0 saturated carbocycles. The van der Waals surface area contributed by atoms with E-state index in [1.807, 2.05) is 56.6 Å². The van der Waals surface area contributed by atoms with Gasteiger partial charge in [0.25, 0.3) is 0 Å². The van der Waals surface area contributed by atoms with Crippen molar-refractivity contribution in [1.29, 1.82) is 0 Å². The molecule has 0 saturated heterocycles. The topological polar surface area (TPSA) is 61.4 Å². The number of nitrogens with one attached hydrogen (secondary N) is 1. The van der Waals surface area contributed by atoms with Crippen LogP contribution in [0, 0.1) is 0 Å². The zero-order valence-corrected chi connectivity index (χ0v) is 19.5. The fourth-order valence-electron chi connectivity index (χ4n) is 3.34. The summed E-state index contributed by atoms with van der Waals surface area (Å²) in [7, 11) is 4.05. The summed E-state index contributed by atoms with van der Waals surface area (Å²) >= 11 is 6.01. The molecular formula is C25H25Cl2N3O2. The van der Waals surface area contributed by atoms with E-state index in [1.54, 1.807) is 24.5 Å². The quantitative estimate of drug-likeness (QED) is 0.341. The van der Waals surface area contributed by atoms with Gasteiger partial charge in [-0.2, -0.15) is 0 Å². The number of nitrogens with zero attached hydrogens (tertiary/aromatic N) is 2. The molecule has 166 valence electrons. The zero-order chi connectivity index (χ0) is 21.8. The summed E-state index contributed by atoms with van der Waals surface area (Å²) in [6.45, 7) is 1.51. The number of H-pyrrole nitrogens is 1. The molecular weight excluding hydrogens is 445 g/mol. The average molecular weight is 470 g/mol. The summed E-state index contributed by atoms with van der Waals surface area (Å²) < 4.78 is 5.80. The monoisotopic (exact) mass is 469 g/mol. The number of hydrogen-bond acceptors (Lipinski definition) is 4. The van der Waals surface area contributed by atoms with Crippen LogP contribution in [0.2, 0.25) is 5.02 Å². The van der Waals surface area contributed by atoms with Crippen LogP contribution < -0.4 is 4.74 Å². The number of halogens is 2. The SMILES string of the molecule is CN(C)CCOc1ccc(-c2cc(-c3ccc(Cl)c(O)c3)c(-c3ccncc3)[nH]2)cc1.Cl. The maximum atomic E-state index is 10.1. The maximum absolute atomic E-state index is 10.1. The summed E-state index contributed by atoms with van der Waals surface area (Å²) in [5.74, 6) is 0.899. The highest BCUT2D eigenvalue weighted by atomic mass is 35.5. The normalized spacial score (nSPS) is 10.8. The fraction of sp³-hybridized carbons (Fsp3) is 0.160. The molecule has 4 aromatic rings. The average Bonchev–Trinajstić information content (AvgIpc) is 3.22. The molecule has 0 aliphatic carbocycles. The van der Waals surface area contributed by atoms with Crippen molar-refractivity contribution in [2.24, 2.45) is 0 Å². The number of aromatic amines is 1. The van der Waals surface area contributed by atoms with Crippen LogP contribution >= 0.6 is 24.0 Å². The van der Waals surface area contributed by atoms with Crippen LogP contribution in [0.5, 0.6) is 11.5 Å². The highest BCUT2D eigenvalue weighted by molar-refractivity contribution is 6.32. The molecule has 7 heteroatoms. The van der Waals surface area contributed by atoms with E-state index in [0.717, 1.165) is 45.9 Å². The summed E-state index contributed by atoms with van der Waals surface area (Å²) in [6, 6.07) is 19.3. The Hall–Kier alpha value is -2.99. The summed E-state index contributed by atoms with van der Waals surface area (Å²) in [5.41, 5.74) is 5.81. The Balaban J connectivity index is 0.00000289. The van der Waals surface area contributed by atoms with Crippen LogP contribution in [-0.2, 0) is 0 Å². The van der Waals surface area contributed by atoms with Crippen molar-refractivity contribution in [1.82, 2.24) is 14.9 Å². The molecule has 0 bridgehead atoms. The molecule has 2 heterocycles. The second-order valence-electron chi connectivity index (χ2n) is 7.55. The molecule has 4 rings (SSSR count). The minimum atomic E-state index is 0. The molecule has 0 radical (unpaired) electrons. The molecule has 0 fully saturated rings. The largest absolute Gasteiger partial charge is 0.506 e. The summed E-state index contributed by atoms with van der Waals surface area (Å²) in [6.07, 6.45) is 3.53. The molecule has 0 spiro atoms. The lowest BCUT2D eigenvalue weighted by Crippen LogP contribution is -2.19. The Morgan fingerprint density at radius 1 is 0.938 bits per heavy atom. The Kier molecular flexibility index (Phi) is 7.80. The highest BCUT2D eigenvalue weighted by Crippen LogP contribution is 2.38. The molecule has 0 atom stereocenters. The van der Waals surface area contributed by atoms with Crippen molar-refractivity contribution in [3.05, 3.63) is 78.1 Å². The van der Waals surface area contributed by atoms with Crippen molar-refractivity contribution in [3.63, 3.8) is 0 Å². The molecule has 0 aliphatic rings. The van der Waals surface area contributed by atoms with Gasteiger partial charge in [0.15, 0.2) is 0 Å². The first-order chi connectivity index (χ1) is 15.0. The first-order valence-electron chi connectivity index (χ1n) is 10.0. The third-order valence-electron chi connectivity index (χ3n) is 5.02. The Morgan fingerprint density at radius 3 is 2.28 bits per heavy atom. The number of phenolic OH excluding ortho intramolecular Hbond substituents is 1. The van der Waals surface area contributed by atoms with Crippen LogP contribution in [0.4, 0.5) is 0 Å². The Bertz CT molecular complexity index is 1160. The van der Waals surface area contributed by atoms with Crippen molar-refractivity contribution in [3.8, 4) is 45.1 Å². The minimum Gasteiger partial charge on any atom is -0.506 e. The van der Waals surface area contributed by atoms with Gasteiger partial charge in [0.2, 0.25) is 0 Å². The molecule has 32 heavy (non-hydrogen) atoms. The van der Waals surface area contributed by atoms with Gasteiger partial charge in [-0.05, 0) is 79.8 Å². The van der Waals surface area contributed by atoms with E-state index in [9.17, 15) is 5.11 Å². The van der Waals surface area contributed by atoms with Gasteiger partial charge in [-0.25, -0.2) is 0 Å². The van der Waals surface area contributed by atoms with E-state index < -0.39 is 0 Å². The van der Waals surface area contributed by atoms with Crippen LogP contribution in [0.25, 0.3) is 33.6 Å². The number of likely N-dealkylation sites (N-methyl/N-ethyl adjacent to an activating group) is 1. The highest BCUT2D eigenvalue weighted by Gasteiger charge is 2.15. The van der Waals surface area contributed by atoms with E-state index in [0.29, 0.717) is 11.6 Å². The molecule has 0 unspecified atom stereocenters. The van der Waals surface area contributed by atoms with Crippen LogP contribution in [0.15, 0.2) is 73.1 Å². The second-order valence-corrected chi connectivity index (χ2v) is 7.96. The molecule has 5 nitrogen and oxygen atoms in total. The summed E-state index contributed by atoms with van der Waals surface area (Å²) in [5, 5.41) is 10.4.